The van der Waals surface area contributed by atoms with Crippen molar-refractivity contribution in [2.24, 2.45) is 0 Å². The van der Waals surface area contributed by atoms with Crippen LogP contribution in [0.15, 0.2) is 42.5 Å². The number of halogens is 4. The SMILES string of the molecule is Fc1ccc(CNc2nc(Cl)nc(Nc3ccc(F)c(F)c3)n2)cc1. The predicted octanol–water partition coefficient (Wildman–Crippen LogP) is 4.30. The largest absolute Gasteiger partial charge is 0.350 e. The van der Waals surface area contributed by atoms with Gasteiger partial charge in [-0.15, -0.1) is 0 Å². The summed E-state index contributed by atoms with van der Waals surface area (Å²) in [5.74, 6) is -2.05. The average molecular weight is 366 g/mol. The van der Waals surface area contributed by atoms with Gasteiger partial charge in [0.2, 0.25) is 17.2 Å². The lowest BCUT2D eigenvalue weighted by Crippen LogP contribution is -2.07. The fourth-order valence-electron chi connectivity index (χ4n) is 1.97. The highest BCUT2D eigenvalue weighted by atomic mass is 35.5. The fraction of sp³-hybridized carbons (Fsp3) is 0.0625. The van der Waals surface area contributed by atoms with Crippen LogP contribution in [0.25, 0.3) is 0 Å². The summed E-state index contributed by atoms with van der Waals surface area (Å²) in [5.41, 5.74) is 1.07. The Morgan fingerprint density at radius 1 is 0.840 bits per heavy atom. The molecule has 3 aromatic rings. The van der Waals surface area contributed by atoms with Crippen LogP contribution in [0.1, 0.15) is 5.56 Å². The Bertz CT molecular complexity index is 889. The molecule has 0 unspecified atom stereocenters. The van der Waals surface area contributed by atoms with E-state index in [1.54, 1.807) is 12.1 Å². The van der Waals surface area contributed by atoms with Crippen molar-refractivity contribution in [3.05, 3.63) is 70.8 Å². The van der Waals surface area contributed by atoms with E-state index < -0.39 is 11.6 Å². The first-order valence-electron chi connectivity index (χ1n) is 7.11. The molecule has 2 N–H and O–H groups in total. The quantitative estimate of drug-likeness (QED) is 0.706. The Morgan fingerprint density at radius 3 is 2.28 bits per heavy atom. The number of aromatic nitrogens is 3. The monoisotopic (exact) mass is 365 g/mol. The summed E-state index contributed by atoms with van der Waals surface area (Å²) in [6.45, 7) is 0.339. The maximum absolute atomic E-state index is 13.2. The molecule has 0 aliphatic heterocycles. The minimum atomic E-state index is -1.00. The second-order valence-corrected chi connectivity index (χ2v) is 5.32. The first-order chi connectivity index (χ1) is 12.0. The van der Waals surface area contributed by atoms with Crippen molar-refractivity contribution in [2.75, 3.05) is 10.6 Å². The van der Waals surface area contributed by atoms with Gasteiger partial charge in [-0.2, -0.15) is 15.0 Å². The first kappa shape index (κ1) is 17.0. The molecule has 0 bridgehead atoms. The molecule has 5 nitrogen and oxygen atoms in total. The third-order valence-corrected chi connectivity index (χ3v) is 3.32. The van der Waals surface area contributed by atoms with Crippen molar-refractivity contribution >= 4 is 29.2 Å². The van der Waals surface area contributed by atoms with Gasteiger partial charge in [-0.3, -0.25) is 0 Å². The number of nitrogens with zero attached hydrogens (tertiary/aromatic N) is 3. The number of benzene rings is 2. The summed E-state index contributed by atoms with van der Waals surface area (Å²) in [4.78, 5) is 11.9. The molecule has 0 saturated carbocycles. The number of anilines is 3. The standard InChI is InChI=1S/C16H11ClF3N5/c17-14-23-15(21-8-9-1-3-10(18)4-2-9)25-16(24-14)22-11-5-6-12(19)13(20)7-11/h1-7H,8H2,(H2,21,22,23,24,25). The van der Waals surface area contributed by atoms with Crippen LogP contribution >= 0.6 is 11.6 Å². The van der Waals surface area contributed by atoms with E-state index in [-0.39, 0.29) is 28.7 Å². The molecule has 0 radical (unpaired) electrons. The number of rotatable bonds is 5. The molecule has 1 heterocycles. The summed E-state index contributed by atoms with van der Waals surface area (Å²) in [7, 11) is 0. The van der Waals surface area contributed by atoms with Crippen LogP contribution in [0, 0.1) is 17.5 Å². The van der Waals surface area contributed by atoms with Crippen LogP contribution in [-0.2, 0) is 6.54 Å². The summed E-state index contributed by atoms with van der Waals surface area (Å²) < 4.78 is 39.1. The van der Waals surface area contributed by atoms with E-state index in [1.807, 2.05) is 0 Å². The summed E-state index contributed by atoms with van der Waals surface area (Å²) in [5, 5.41) is 5.56. The van der Waals surface area contributed by atoms with Crippen LogP contribution in [-0.4, -0.2) is 15.0 Å². The highest BCUT2D eigenvalue weighted by Gasteiger charge is 2.08. The van der Waals surface area contributed by atoms with Gasteiger partial charge in [-0.25, -0.2) is 13.2 Å². The summed E-state index contributed by atoms with van der Waals surface area (Å²) in [6, 6.07) is 9.20. The van der Waals surface area contributed by atoms with E-state index in [4.69, 9.17) is 11.6 Å². The Balaban J connectivity index is 1.73. The zero-order valence-corrected chi connectivity index (χ0v) is 13.4. The molecule has 0 fully saturated rings. The van der Waals surface area contributed by atoms with Gasteiger partial charge in [0.1, 0.15) is 5.82 Å². The van der Waals surface area contributed by atoms with Crippen LogP contribution in [0.5, 0.6) is 0 Å². The van der Waals surface area contributed by atoms with Crippen LogP contribution in [0.3, 0.4) is 0 Å². The van der Waals surface area contributed by atoms with Crippen LogP contribution in [0.2, 0.25) is 5.28 Å². The molecule has 0 aliphatic carbocycles. The molecule has 0 atom stereocenters. The Morgan fingerprint density at radius 2 is 1.56 bits per heavy atom. The van der Waals surface area contributed by atoms with Gasteiger partial charge in [0.05, 0.1) is 0 Å². The summed E-state index contributed by atoms with van der Waals surface area (Å²) in [6.07, 6.45) is 0. The first-order valence-corrected chi connectivity index (χ1v) is 7.49. The molecule has 0 aliphatic rings. The molecule has 2 aromatic carbocycles. The predicted molar refractivity (Wildman–Crippen MR) is 88.2 cm³/mol. The molecule has 0 amide bonds. The lowest BCUT2D eigenvalue weighted by molar-refractivity contribution is 0.509. The van der Waals surface area contributed by atoms with Gasteiger partial charge in [-0.1, -0.05) is 12.1 Å². The number of nitrogens with one attached hydrogen (secondary N) is 2. The Hall–Kier alpha value is -2.87. The lowest BCUT2D eigenvalue weighted by atomic mass is 10.2. The van der Waals surface area contributed by atoms with Crippen molar-refractivity contribution in [3.8, 4) is 0 Å². The molecule has 0 spiro atoms. The third kappa shape index (κ3) is 4.57. The van der Waals surface area contributed by atoms with Gasteiger partial charge in [0.25, 0.3) is 0 Å². The molecule has 25 heavy (non-hydrogen) atoms. The van der Waals surface area contributed by atoms with Gasteiger partial charge < -0.3 is 10.6 Å². The van der Waals surface area contributed by atoms with Crippen molar-refractivity contribution in [2.45, 2.75) is 6.54 Å². The van der Waals surface area contributed by atoms with E-state index in [1.165, 1.54) is 18.2 Å². The van der Waals surface area contributed by atoms with E-state index in [0.29, 0.717) is 6.54 Å². The number of hydrogen-bond donors (Lipinski definition) is 2. The smallest absolute Gasteiger partial charge is 0.233 e. The van der Waals surface area contributed by atoms with E-state index in [0.717, 1.165) is 17.7 Å². The Kier molecular flexibility index (Phi) is 4.99. The topological polar surface area (TPSA) is 62.7 Å². The second kappa shape index (κ2) is 7.35. The van der Waals surface area contributed by atoms with Crippen molar-refractivity contribution in [1.82, 2.24) is 15.0 Å². The maximum atomic E-state index is 13.2. The third-order valence-electron chi connectivity index (χ3n) is 3.15. The lowest BCUT2D eigenvalue weighted by Gasteiger charge is -2.09. The summed E-state index contributed by atoms with van der Waals surface area (Å²) >= 11 is 5.85. The van der Waals surface area contributed by atoms with Crippen molar-refractivity contribution in [1.29, 1.82) is 0 Å². The second-order valence-electron chi connectivity index (χ2n) is 4.99. The zero-order chi connectivity index (χ0) is 17.8. The molecule has 1 aromatic heterocycles. The molecular formula is C16H11ClF3N5. The van der Waals surface area contributed by atoms with Gasteiger partial charge in [0, 0.05) is 18.3 Å². The Labute approximate surface area is 145 Å². The highest BCUT2D eigenvalue weighted by molar-refractivity contribution is 6.28. The highest BCUT2D eigenvalue weighted by Crippen LogP contribution is 2.18. The van der Waals surface area contributed by atoms with E-state index in [9.17, 15) is 13.2 Å². The van der Waals surface area contributed by atoms with Crippen LogP contribution < -0.4 is 10.6 Å². The van der Waals surface area contributed by atoms with Gasteiger partial charge in [0.15, 0.2) is 11.6 Å². The van der Waals surface area contributed by atoms with Crippen LogP contribution in [0.4, 0.5) is 30.8 Å². The molecule has 0 saturated heterocycles. The average Bonchev–Trinajstić information content (AvgIpc) is 2.57. The fourth-order valence-corrected chi connectivity index (χ4v) is 2.13. The molecule has 3 rings (SSSR count). The maximum Gasteiger partial charge on any atom is 0.233 e. The van der Waals surface area contributed by atoms with E-state index in [2.05, 4.69) is 25.6 Å². The van der Waals surface area contributed by atoms with Crippen molar-refractivity contribution < 1.29 is 13.2 Å². The van der Waals surface area contributed by atoms with Gasteiger partial charge >= 0.3 is 0 Å². The van der Waals surface area contributed by atoms with Gasteiger partial charge in [-0.05, 0) is 41.4 Å². The van der Waals surface area contributed by atoms with Crippen molar-refractivity contribution in [3.63, 3.8) is 0 Å². The molecule has 128 valence electrons. The zero-order valence-electron chi connectivity index (χ0n) is 12.6. The van der Waals surface area contributed by atoms with E-state index >= 15 is 0 Å². The minimum Gasteiger partial charge on any atom is -0.350 e. The minimum absolute atomic E-state index is 0.0626. The molecule has 9 heteroatoms. The number of hydrogen-bond acceptors (Lipinski definition) is 5. The normalized spacial score (nSPS) is 10.6. The molecular weight excluding hydrogens is 355 g/mol.